The summed E-state index contributed by atoms with van der Waals surface area (Å²) in [4.78, 5) is 32.7. The molecule has 2 heterocycles. The fourth-order valence-corrected chi connectivity index (χ4v) is 4.68. The molecule has 13 heteroatoms. The number of nitrogens with zero attached hydrogens (tertiary/aromatic N) is 3. The van der Waals surface area contributed by atoms with Crippen LogP contribution in [0.15, 0.2) is 18.5 Å². The molecule has 3 N–H and O–H groups in total. The molecular weight excluding hydrogens is 489 g/mol. The van der Waals surface area contributed by atoms with Crippen LogP contribution in [0.2, 0.25) is 0 Å². The van der Waals surface area contributed by atoms with Crippen LogP contribution < -0.4 is 10.6 Å². The average Bonchev–Trinajstić information content (AvgIpc) is 3.53. The van der Waals surface area contributed by atoms with Crippen LogP contribution in [0.5, 0.6) is 0 Å². The van der Waals surface area contributed by atoms with E-state index in [-0.39, 0.29) is 43.3 Å². The normalized spacial score (nSPS) is 21.1. The van der Waals surface area contributed by atoms with Crippen LogP contribution in [-0.4, -0.2) is 43.6 Å². The molecule has 0 aliphatic heterocycles. The number of alkyl halides is 5. The van der Waals surface area contributed by atoms with E-state index in [4.69, 9.17) is 0 Å². The number of aromatic nitrogens is 3. The zero-order valence-electron chi connectivity index (χ0n) is 19.6. The highest BCUT2D eigenvalue weighted by atomic mass is 19.4. The van der Waals surface area contributed by atoms with Gasteiger partial charge in [0.25, 0.3) is 0 Å². The van der Waals surface area contributed by atoms with Gasteiger partial charge >= 0.3 is 12.3 Å². The van der Waals surface area contributed by atoms with Crippen molar-refractivity contribution in [3.63, 3.8) is 0 Å². The van der Waals surface area contributed by atoms with Gasteiger partial charge in [-0.3, -0.25) is 9.20 Å². The number of carboxylic acid groups (broad SMARTS) is 1. The lowest BCUT2D eigenvalue weighted by molar-refractivity contribution is -0.174. The molecule has 2 fully saturated rings. The average molecular weight is 517 g/mol. The standard InChI is InChI=1S/C23H28F5N5O3/c1-12(23(26,27)28)10-17(34)31-18(13-2-3-13)15-6-9-33-11-16(30-20(33)29-15)19(32-21(35)36)14-4-7-22(24,25)8-5-14/h6,9,11-14,18-19,32H,2-5,7-8,10H2,1H3,(H,31,34)(H,35,36). The summed E-state index contributed by atoms with van der Waals surface area (Å²) in [5.41, 5.74) is 0.776. The Labute approximate surface area is 203 Å². The van der Waals surface area contributed by atoms with Crippen molar-refractivity contribution in [2.24, 2.45) is 17.8 Å². The Kier molecular flexibility index (Phi) is 7.11. The predicted octanol–water partition coefficient (Wildman–Crippen LogP) is 5.02. The highest BCUT2D eigenvalue weighted by molar-refractivity contribution is 5.76. The van der Waals surface area contributed by atoms with Crippen molar-refractivity contribution in [2.45, 2.75) is 76.1 Å². The highest BCUT2D eigenvalue weighted by Crippen LogP contribution is 2.42. The third kappa shape index (κ3) is 6.22. The lowest BCUT2D eigenvalue weighted by Crippen LogP contribution is -2.36. The molecule has 2 aliphatic rings. The van der Waals surface area contributed by atoms with Gasteiger partial charge in [-0.15, -0.1) is 0 Å². The van der Waals surface area contributed by atoms with E-state index in [0.29, 0.717) is 11.4 Å². The maximum atomic E-state index is 13.6. The number of imidazole rings is 1. The molecule has 0 bridgehead atoms. The Morgan fingerprint density at radius 3 is 2.25 bits per heavy atom. The molecule has 36 heavy (non-hydrogen) atoms. The van der Waals surface area contributed by atoms with E-state index < -0.39 is 48.5 Å². The van der Waals surface area contributed by atoms with Gasteiger partial charge in [0.15, 0.2) is 0 Å². The highest BCUT2D eigenvalue weighted by Gasteiger charge is 2.41. The van der Waals surface area contributed by atoms with Crippen LogP contribution in [0, 0.1) is 17.8 Å². The Hall–Kier alpha value is -2.99. The minimum Gasteiger partial charge on any atom is -0.465 e. The number of amides is 2. The zero-order chi connectivity index (χ0) is 26.3. The molecule has 2 saturated carbocycles. The largest absolute Gasteiger partial charge is 0.465 e. The Morgan fingerprint density at radius 2 is 1.67 bits per heavy atom. The molecule has 0 spiro atoms. The summed E-state index contributed by atoms with van der Waals surface area (Å²) in [5, 5.41) is 14.4. The molecule has 2 aromatic rings. The first-order chi connectivity index (χ1) is 16.8. The molecule has 4 rings (SSSR count). The smallest absolute Gasteiger partial charge is 0.405 e. The van der Waals surface area contributed by atoms with Crippen molar-refractivity contribution in [1.82, 2.24) is 25.0 Å². The number of hydrogen-bond acceptors (Lipinski definition) is 4. The summed E-state index contributed by atoms with van der Waals surface area (Å²) >= 11 is 0. The second kappa shape index (κ2) is 9.81. The number of rotatable bonds is 8. The Balaban J connectivity index is 1.54. The van der Waals surface area contributed by atoms with E-state index in [9.17, 15) is 36.6 Å². The van der Waals surface area contributed by atoms with Gasteiger partial charge in [-0.25, -0.2) is 23.5 Å². The minimum absolute atomic E-state index is 0.0462. The van der Waals surface area contributed by atoms with Crippen LogP contribution in [0.4, 0.5) is 26.7 Å². The van der Waals surface area contributed by atoms with Crippen molar-refractivity contribution in [2.75, 3.05) is 0 Å². The van der Waals surface area contributed by atoms with Gasteiger partial charge in [0.2, 0.25) is 17.6 Å². The summed E-state index contributed by atoms with van der Waals surface area (Å²) in [6.45, 7) is 0.955. The lowest BCUT2D eigenvalue weighted by atomic mass is 9.81. The summed E-state index contributed by atoms with van der Waals surface area (Å²) < 4.78 is 67.4. The molecule has 198 valence electrons. The molecule has 8 nitrogen and oxygen atoms in total. The van der Waals surface area contributed by atoms with Crippen molar-refractivity contribution < 1.29 is 36.6 Å². The van der Waals surface area contributed by atoms with Crippen LogP contribution in [0.3, 0.4) is 0 Å². The van der Waals surface area contributed by atoms with Gasteiger partial charge in [0.1, 0.15) is 0 Å². The van der Waals surface area contributed by atoms with Gasteiger partial charge in [-0.2, -0.15) is 13.2 Å². The third-order valence-electron chi connectivity index (χ3n) is 6.98. The van der Waals surface area contributed by atoms with E-state index in [0.717, 1.165) is 19.8 Å². The number of carbonyl (C=O) groups is 2. The van der Waals surface area contributed by atoms with Crippen LogP contribution >= 0.6 is 0 Å². The number of carbonyl (C=O) groups excluding carboxylic acids is 1. The van der Waals surface area contributed by atoms with Crippen molar-refractivity contribution in [1.29, 1.82) is 0 Å². The summed E-state index contributed by atoms with van der Waals surface area (Å²) in [6.07, 6.45) is -2.05. The van der Waals surface area contributed by atoms with Crippen molar-refractivity contribution >= 4 is 17.8 Å². The molecule has 2 amide bonds. The maximum absolute atomic E-state index is 13.6. The van der Waals surface area contributed by atoms with Gasteiger partial charge in [-0.05, 0) is 43.6 Å². The van der Waals surface area contributed by atoms with Gasteiger partial charge in [0.05, 0.1) is 29.4 Å². The second-order valence-corrected chi connectivity index (χ2v) is 9.88. The number of fused-ring (bicyclic) bond motifs is 1. The fourth-order valence-electron chi connectivity index (χ4n) is 4.68. The van der Waals surface area contributed by atoms with Crippen molar-refractivity contribution in [3.8, 4) is 0 Å². The topological polar surface area (TPSA) is 109 Å². The van der Waals surface area contributed by atoms with E-state index in [1.807, 2.05) is 0 Å². The van der Waals surface area contributed by atoms with Crippen LogP contribution in [-0.2, 0) is 4.79 Å². The molecule has 2 aromatic heterocycles. The lowest BCUT2D eigenvalue weighted by Gasteiger charge is -2.32. The molecular formula is C23H28F5N5O3. The van der Waals surface area contributed by atoms with Crippen molar-refractivity contribution in [3.05, 3.63) is 29.8 Å². The molecule has 3 unspecified atom stereocenters. The second-order valence-electron chi connectivity index (χ2n) is 9.88. The first kappa shape index (κ1) is 26.1. The zero-order valence-corrected chi connectivity index (χ0v) is 19.6. The molecule has 2 aliphatic carbocycles. The van der Waals surface area contributed by atoms with E-state index in [1.54, 1.807) is 22.9 Å². The molecule has 0 saturated heterocycles. The summed E-state index contributed by atoms with van der Waals surface area (Å²) in [6, 6.07) is 0.263. The van der Waals surface area contributed by atoms with Crippen LogP contribution in [0.1, 0.15) is 75.3 Å². The molecule has 3 atom stereocenters. The summed E-state index contributed by atoms with van der Waals surface area (Å²) in [5.74, 6) is -5.36. The number of halogens is 5. The van der Waals surface area contributed by atoms with Crippen LogP contribution in [0.25, 0.3) is 5.78 Å². The monoisotopic (exact) mass is 517 g/mol. The summed E-state index contributed by atoms with van der Waals surface area (Å²) in [7, 11) is 0. The first-order valence-corrected chi connectivity index (χ1v) is 11.9. The number of nitrogens with one attached hydrogen (secondary N) is 2. The number of hydrogen-bond donors (Lipinski definition) is 3. The van der Waals surface area contributed by atoms with E-state index >= 15 is 0 Å². The van der Waals surface area contributed by atoms with Gasteiger partial charge in [-0.1, -0.05) is 6.92 Å². The van der Waals surface area contributed by atoms with Gasteiger partial charge < -0.3 is 15.7 Å². The Morgan fingerprint density at radius 1 is 1.08 bits per heavy atom. The first-order valence-electron chi connectivity index (χ1n) is 11.9. The fraction of sp³-hybridized carbons (Fsp3) is 0.652. The molecule has 0 aromatic carbocycles. The SMILES string of the molecule is CC(CC(=O)NC(c1ccn2cc(C(NC(=O)O)C3CCC(F)(F)CC3)nc2n1)C1CC1)C(F)(F)F. The maximum Gasteiger partial charge on any atom is 0.405 e. The minimum atomic E-state index is -4.47. The molecule has 0 radical (unpaired) electrons. The van der Waals surface area contributed by atoms with E-state index in [1.165, 1.54) is 0 Å². The Bertz CT molecular complexity index is 1110. The quantitative estimate of drug-likeness (QED) is 0.426. The predicted molar refractivity (Wildman–Crippen MR) is 117 cm³/mol. The van der Waals surface area contributed by atoms with Gasteiger partial charge in [0, 0.05) is 31.7 Å². The third-order valence-corrected chi connectivity index (χ3v) is 6.98. The van der Waals surface area contributed by atoms with E-state index in [2.05, 4.69) is 20.6 Å².